The Labute approximate surface area is 74.5 Å². The second kappa shape index (κ2) is 3.95. The largest absolute Gasteiger partial charge is 0.316 e. The molecule has 0 heterocycles. The van der Waals surface area contributed by atoms with Crippen molar-refractivity contribution in [3.05, 3.63) is 39.7 Å². The summed E-state index contributed by atoms with van der Waals surface area (Å²) < 4.78 is 13.2. The van der Waals surface area contributed by atoms with Crippen LogP contribution in [-0.2, 0) is 6.54 Å². The average molecular weight is 184 g/mol. The number of nitrogens with zero attached hydrogens (tertiary/aromatic N) is 1. The van der Waals surface area contributed by atoms with E-state index >= 15 is 0 Å². The summed E-state index contributed by atoms with van der Waals surface area (Å²) >= 11 is 0. The molecule has 1 aromatic rings. The molecule has 0 aliphatic heterocycles. The molecule has 0 fully saturated rings. The second-order valence-electron chi connectivity index (χ2n) is 2.54. The van der Waals surface area contributed by atoms with Crippen molar-refractivity contribution in [3.8, 4) is 0 Å². The van der Waals surface area contributed by atoms with E-state index in [1.165, 1.54) is 12.1 Å². The second-order valence-corrected chi connectivity index (χ2v) is 2.54. The number of rotatable bonds is 3. The molecule has 13 heavy (non-hydrogen) atoms. The number of benzene rings is 1. The number of hydrogen-bond acceptors (Lipinski definition) is 3. The fourth-order valence-electron chi connectivity index (χ4n) is 1.03. The molecule has 1 N–H and O–H groups in total. The molecule has 1 aromatic carbocycles. The molecule has 5 heteroatoms. The van der Waals surface area contributed by atoms with E-state index in [0.717, 1.165) is 6.07 Å². The Bertz CT molecular complexity index is 328. The lowest BCUT2D eigenvalue weighted by atomic mass is 10.2. The number of nitrogens with one attached hydrogen (secondary N) is 1. The first kappa shape index (κ1) is 9.60. The van der Waals surface area contributed by atoms with E-state index in [1.807, 2.05) is 0 Å². The summed E-state index contributed by atoms with van der Waals surface area (Å²) in [5.74, 6) is -0.762. The lowest BCUT2D eigenvalue weighted by Gasteiger charge is -2.01. The minimum atomic E-state index is -0.762. The molecule has 70 valence electrons. The van der Waals surface area contributed by atoms with Gasteiger partial charge in [-0.25, -0.2) is 0 Å². The van der Waals surface area contributed by atoms with Gasteiger partial charge in [-0.05, 0) is 7.05 Å². The maximum absolute atomic E-state index is 13.2. The van der Waals surface area contributed by atoms with E-state index in [-0.39, 0.29) is 6.54 Å². The summed E-state index contributed by atoms with van der Waals surface area (Å²) in [6, 6.07) is 4.13. The van der Waals surface area contributed by atoms with Crippen molar-refractivity contribution < 1.29 is 9.31 Å². The van der Waals surface area contributed by atoms with Gasteiger partial charge in [0, 0.05) is 18.2 Å². The normalized spacial score (nSPS) is 10.0. The van der Waals surface area contributed by atoms with Crippen LogP contribution in [0.15, 0.2) is 18.2 Å². The van der Waals surface area contributed by atoms with Gasteiger partial charge in [0.15, 0.2) is 0 Å². The van der Waals surface area contributed by atoms with Crippen molar-refractivity contribution in [2.24, 2.45) is 0 Å². The van der Waals surface area contributed by atoms with Gasteiger partial charge in [-0.3, -0.25) is 10.1 Å². The number of nitro groups is 1. The van der Waals surface area contributed by atoms with Crippen molar-refractivity contribution in [2.75, 3.05) is 7.05 Å². The SMILES string of the molecule is CNCc1cccc([N+](=O)[O-])c1F. The smallest absolute Gasteiger partial charge is 0.305 e. The Kier molecular flexibility index (Phi) is 2.92. The molecule has 0 atom stereocenters. The van der Waals surface area contributed by atoms with Crippen LogP contribution in [0.25, 0.3) is 0 Å². The molecule has 0 saturated carbocycles. The summed E-state index contributed by atoms with van der Waals surface area (Å²) in [4.78, 5) is 9.60. The first-order valence-corrected chi connectivity index (χ1v) is 3.73. The molecule has 4 nitrogen and oxygen atoms in total. The van der Waals surface area contributed by atoms with Crippen molar-refractivity contribution in [3.63, 3.8) is 0 Å². The quantitative estimate of drug-likeness (QED) is 0.571. The molecule has 1 rings (SSSR count). The third kappa shape index (κ3) is 2.00. The summed E-state index contributed by atoms with van der Waals surface area (Å²) in [6.07, 6.45) is 0. The zero-order chi connectivity index (χ0) is 9.84. The molecule has 0 amide bonds. The molecule has 0 aliphatic carbocycles. The molecule has 0 aromatic heterocycles. The fraction of sp³-hybridized carbons (Fsp3) is 0.250. The number of halogens is 1. The van der Waals surface area contributed by atoms with Crippen LogP contribution in [0.3, 0.4) is 0 Å². The lowest BCUT2D eigenvalue weighted by molar-refractivity contribution is -0.387. The molecule has 0 spiro atoms. The first-order chi connectivity index (χ1) is 6.16. The van der Waals surface area contributed by atoms with Gasteiger partial charge in [-0.2, -0.15) is 4.39 Å². The molecule has 0 unspecified atom stereocenters. The monoisotopic (exact) mass is 184 g/mol. The average Bonchev–Trinajstić information content (AvgIpc) is 2.08. The Morgan fingerprint density at radius 1 is 1.62 bits per heavy atom. The van der Waals surface area contributed by atoms with E-state index in [0.29, 0.717) is 5.56 Å². The van der Waals surface area contributed by atoms with E-state index in [9.17, 15) is 14.5 Å². The van der Waals surface area contributed by atoms with Crippen LogP contribution in [0.4, 0.5) is 10.1 Å². The minimum absolute atomic E-state index is 0.285. The van der Waals surface area contributed by atoms with Crippen LogP contribution in [0.5, 0.6) is 0 Å². The highest BCUT2D eigenvalue weighted by molar-refractivity contribution is 5.36. The molecule has 0 radical (unpaired) electrons. The lowest BCUT2D eigenvalue weighted by Crippen LogP contribution is -2.08. The van der Waals surface area contributed by atoms with E-state index in [4.69, 9.17) is 0 Å². The third-order valence-electron chi connectivity index (χ3n) is 1.62. The zero-order valence-corrected chi connectivity index (χ0v) is 7.08. The van der Waals surface area contributed by atoms with E-state index in [1.54, 1.807) is 7.05 Å². The Balaban J connectivity index is 3.10. The van der Waals surface area contributed by atoms with Gasteiger partial charge in [0.25, 0.3) is 0 Å². The minimum Gasteiger partial charge on any atom is -0.316 e. The highest BCUT2D eigenvalue weighted by Gasteiger charge is 2.15. The Morgan fingerprint density at radius 3 is 2.85 bits per heavy atom. The van der Waals surface area contributed by atoms with Gasteiger partial charge >= 0.3 is 5.69 Å². The number of nitro benzene ring substituents is 1. The summed E-state index contributed by atoms with van der Waals surface area (Å²) in [5, 5.41) is 13.1. The summed E-state index contributed by atoms with van der Waals surface area (Å²) in [5.41, 5.74) is -0.176. The molecule has 0 saturated heterocycles. The summed E-state index contributed by atoms with van der Waals surface area (Å²) in [6.45, 7) is 0.285. The van der Waals surface area contributed by atoms with Gasteiger partial charge in [0.2, 0.25) is 5.82 Å². The van der Waals surface area contributed by atoms with Crippen molar-refractivity contribution in [1.29, 1.82) is 0 Å². The predicted molar refractivity (Wildman–Crippen MR) is 45.8 cm³/mol. The van der Waals surface area contributed by atoms with E-state index < -0.39 is 16.4 Å². The molecule has 0 aliphatic rings. The van der Waals surface area contributed by atoms with Gasteiger partial charge in [0.05, 0.1) is 4.92 Å². The van der Waals surface area contributed by atoms with Crippen molar-refractivity contribution in [2.45, 2.75) is 6.54 Å². The van der Waals surface area contributed by atoms with Crippen LogP contribution in [-0.4, -0.2) is 12.0 Å². The highest BCUT2D eigenvalue weighted by atomic mass is 19.1. The predicted octanol–water partition coefficient (Wildman–Crippen LogP) is 1.45. The zero-order valence-electron chi connectivity index (χ0n) is 7.08. The van der Waals surface area contributed by atoms with E-state index in [2.05, 4.69) is 5.32 Å². The van der Waals surface area contributed by atoms with Crippen LogP contribution < -0.4 is 5.32 Å². The Hall–Kier alpha value is -1.49. The highest BCUT2D eigenvalue weighted by Crippen LogP contribution is 2.19. The Morgan fingerprint density at radius 2 is 2.31 bits per heavy atom. The van der Waals surface area contributed by atoms with Crippen LogP contribution in [0.2, 0.25) is 0 Å². The van der Waals surface area contributed by atoms with Crippen molar-refractivity contribution in [1.82, 2.24) is 5.32 Å². The fourth-order valence-corrected chi connectivity index (χ4v) is 1.03. The first-order valence-electron chi connectivity index (χ1n) is 3.73. The van der Waals surface area contributed by atoms with Gasteiger partial charge in [0.1, 0.15) is 0 Å². The van der Waals surface area contributed by atoms with Gasteiger partial charge in [-0.15, -0.1) is 0 Å². The number of hydrogen-bond donors (Lipinski definition) is 1. The molecule has 0 bridgehead atoms. The maximum Gasteiger partial charge on any atom is 0.305 e. The standard InChI is InChI=1S/C8H9FN2O2/c1-10-5-6-3-2-4-7(8(6)9)11(12)13/h2-4,10H,5H2,1H3. The van der Waals surface area contributed by atoms with Crippen LogP contribution >= 0.6 is 0 Å². The molecular weight excluding hydrogens is 175 g/mol. The van der Waals surface area contributed by atoms with Gasteiger partial charge in [-0.1, -0.05) is 12.1 Å². The molecular formula is C8H9FN2O2. The topological polar surface area (TPSA) is 55.2 Å². The van der Waals surface area contributed by atoms with Gasteiger partial charge < -0.3 is 5.32 Å². The van der Waals surface area contributed by atoms with Crippen molar-refractivity contribution >= 4 is 5.69 Å². The van der Waals surface area contributed by atoms with Crippen LogP contribution in [0.1, 0.15) is 5.56 Å². The summed E-state index contributed by atoms with van der Waals surface area (Å²) in [7, 11) is 1.65. The van der Waals surface area contributed by atoms with Crippen LogP contribution in [0, 0.1) is 15.9 Å². The maximum atomic E-state index is 13.2. The third-order valence-corrected chi connectivity index (χ3v) is 1.62.